The molecule has 1 heterocycles. The molecular formula is C18H14ClNO4. The quantitative estimate of drug-likeness (QED) is 0.500. The van der Waals surface area contributed by atoms with E-state index in [1.54, 1.807) is 24.3 Å². The molecule has 0 radical (unpaired) electrons. The number of esters is 1. The molecule has 0 amide bonds. The lowest BCUT2D eigenvalue weighted by Gasteiger charge is -2.03. The van der Waals surface area contributed by atoms with Crippen LogP contribution in [0.15, 0.2) is 59.1 Å². The van der Waals surface area contributed by atoms with E-state index in [2.05, 4.69) is 5.16 Å². The van der Waals surface area contributed by atoms with Gasteiger partial charge in [0.25, 0.3) is 0 Å². The van der Waals surface area contributed by atoms with Gasteiger partial charge in [0.05, 0.1) is 11.6 Å². The van der Waals surface area contributed by atoms with Crippen molar-refractivity contribution in [3.05, 3.63) is 65.3 Å². The first-order valence-electron chi connectivity index (χ1n) is 7.34. The number of para-hydroxylation sites is 1. The first-order chi connectivity index (χ1) is 11.7. The van der Waals surface area contributed by atoms with Crippen LogP contribution < -0.4 is 9.47 Å². The second-order valence-corrected chi connectivity index (χ2v) is 5.26. The van der Waals surface area contributed by atoms with Crippen molar-refractivity contribution in [3.8, 4) is 22.8 Å². The van der Waals surface area contributed by atoms with Crippen LogP contribution in [0.2, 0.25) is 5.02 Å². The van der Waals surface area contributed by atoms with Gasteiger partial charge in [0, 0.05) is 11.6 Å². The molecule has 3 rings (SSSR count). The van der Waals surface area contributed by atoms with Crippen molar-refractivity contribution in [2.75, 3.05) is 6.61 Å². The average Bonchev–Trinajstić information content (AvgIpc) is 3.08. The summed E-state index contributed by atoms with van der Waals surface area (Å²) >= 11 is 5.96. The number of aromatic nitrogens is 1. The summed E-state index contributed by atoms with van der Waals surface area (Å²) in [5.74, 6) is 0.863. The van der Waals surface area contributed by atoms with E-state index in [1.807, 2.05) is 31.2 Å². The highest BCUT2D eigenvalue weighted by Crippen LogP contribution is 2.26. The average molecular weight is 344 g/mol. The van der Waals surface area contributed by atoms with E-state index in [9.17, 15) is 4.79 Å². The Labute approximate surface area is 143 Å². The molecule has 0 bridgehead atoms. The molecule has 0 atom stereocenters. The molecule has 122 valence electrons. The van der Waals surface area contributed by atoms with Gasteiger partial charge in [0.15, 0.2) is 11.5 Å². The van der Waals surface area contributed by atoms with Gasteiger partial charge < -0.3 is 14.0 Å². The van der Waals surface area contributed by atoms with Crippen molar-refractivity contribution in [1.82, 2.24) is 5.16 Å². The van der Waals surface area contributed by atoms with Crippen molar-refractivity contribution in [1.29, 1.82) is 0 Å². The maximum absolute atomic E-state index is 12.1. The second-order valence-electron chi connectivity index (χ2n) is 4.85. The fraction of sp³-hybridized carbons (Fsp3) is 0.111. The molecule has 3 aromatic rings. The zero-order valence-electron chi connectivity index (χ0n) is 12.9. The summed E-state index contributed by atoms with van der Waals surface area (Å²) in [5.41, 5.74) is 0.849. The van der Waals surface area contributed by atoms with Gasteiger partial charge in [-0.15, -0.1) is 0 Å². The molecule has 1 aromatic heterocycles. The molecule has 0 saturated carbocycles. The smallest absolute Gasteiger partial charge is 0.366 e. The van der Waals surface area contributed by atoms with E-state index in [0.717, 1.165) is 11.3 Å². The second kappa shape index (κ2) is 7.19. The van der Waals surface area contributed by atoms with Crippen LogP contribution in [0.5, 0.6) is 11.5 Å². The number of benzene rings is 2. The third-order valence-corrected chi connectivity index (χ3v) is 3.52. The van der Waals surface area contributed by atoms with Gasteiger partial charge in [-0.05, 0) is 43.3 Å². The van der Waals surface area contributed by atoms with Crippen molar-refractivity contribution >= 4 is 17.6 Å². The largest absolute Gasteiger partial charge is 0.494 e. The van der Waals surface area contributed by atoms with Crippen LogP contribution >= 0.6 is 11.6 Å². The summed E-state index contributed by atoms with van der Waals surface area (Å²) in [6, 6.07) is 15.5. The van der Waals surface area contributed by atoms with Crippen LogP contribution in [0.1, 0.15) is 17.4 Å². The highest BCUT2D eigenvalue weighted by atomic mass is 35.5. The highest BCUT2D eigenvalue weighted by molar-refractivity contribution is 6.32. The van der Waals surface area contributed by atoms with Gasteiger partial charge in [-0.2, -0.15) is 0 Å². The summed E-state index contributed by atoms with van der Waals surface area (Å²) in [5, 5.41) is 4.10. The number of hydrogen-bond acceptors (Lipinski definition) is 5. The lowest BCUT2D eigenvalue weighted by molar-refractivity contribution is 0.0724. The van der Waals surface area contributed by atoms with Crippen molar-refractivity contribution in [3.63, 3.8) is 0 Å². The van der Waals surface area contributed by atoms with Gasteiger partial charge in [0.1, 0.15) is 11.5 Å². The fourth-order valence-corrected chi connectivity index (χ4v) is 2.24. The monoisotopic (exact) mass is 343 g/mol. The molecule has 5 nitrogen and oxygen atoms in total. The SMILES string of the molecule is CCOc1ccc(-c2cc(C(=O)Oc3ccccc3Cl)no2)cc1. The zero-order valence-corrected chi connectivity index (χ0v) is 13.6. The minimum Gasteiger partial charge on any atom is -0.494 e. The van der Waals surface area contributed by atoms with E-state index >= 15 is 0 Å². The lowest BCUT2D eigenvalue weighted by Crippen LogP contribution is -2.08. The Balaban J connectivity index is 1.75. The summed E-state index contributed by atoms with van der Waals surface area (Å²) in [6.07, 6.45) is 0. The normalized spacial score (nSPS) is 10.4. The van der Waals surface area contributed by atoms with E-state index in [0.29, 0.717) is 17.4 Å². The number of rotatable bonds is 5. The lowest BCUT2D eigenvalue weighted by atomic mass is 10.1. The van der Waals surface area contributed by atoms with Crippen LogP contribution in [-0.4, -0.2) is 17.7 Å². The van der Waals surface area contributed by atoms with Crippen LogP contribution in [-0.2, 0) is 0 Å². The van der Waals surface area contributed by atoms with Crippen molar-refractivity contribution < 1.29 is 18.8 Å². The molecule has 0 saturated heterocycles. The van der Waals surface area contributed by atoms with Gasteiger partial charge in [-0.1, -0.05) is 28.9 Å². The van der Waals surface area contributed by atoms with Crippen LogP contribution in [0.4, 0.5) is 0 Å². The Kier molecular flexibility index (Phi) is 4.82. The molecule has 2 aromatic carbocycles. The first-order valence-corrected chi connectivity index (χ1v) is 7.72. The van der Waals surface area contributed by atoms with E-state index in [-0.39, 0.29) is 11.4 Å². The third kappa shape index (κ3) is 3.58. The van der Waals surface area contributed by atoms with Crippen LogP contribution in [0.25, 0.3) is 11.3 Å². The fourth-order valence-electron chi connectivity index (χ4n) is 2.07. The van der Waals surface area contributed by atoms with E-state index < -0.39 is 5.97 Å². The molecule has 6 heteroatoms. The molecule has 0 aliphatic carbocycles. The van der Waals surface area contributed by atoms with Crippen LogP contribution in [0.3, 0.4) is 0 Å². The highest BCUT2D eigenvalue weighted by Gasteiger charge is 2.17. The summed E-state index contributed by atoms with van der Waals surface area (Å²) < 4.78 is 15.8. The summed E-state index contributed by atoms with van der Waals surface area (Å²) in [6.45, 7) is 2.51. The molecule has 0 N–H and O–H groups in total. The topological polar surface area (TPSA) is 61.6 Å². The Hall–Kier alpha value is -2.79. The number of carbonyl (C=O) groups excluding carboxylic acids is 1. The number of carbonyl (C=O) groups is 1. The first kappa shape index (κ1) is 16.1. The molecule has 24 heavy (non-hydrogen) atoms. The van der Waals surface area contributed by atoms with Crippen LogP contribution in [0, 0.1) is 0 Å². The number of ether oxygens (including phenoxy) is 2. The summed E-state index contributed by atoms with van der Waals surface area (Å²) in [4.78, 5) is 12.1. The maximum Gasteiger partial charge on any atom is 0.366 e. The number of halogens is 1. The van der Waals surface area contributed by atoms with Gasteiger partial charge >= 0.3 is 5.97 Å². The maximum atomic E-state index is 12.1. The van der Waals surface area contributed by atoms with Gasteiger partial charge in [-0.25, -0.2) is 4.79 Å². The van der Waals surface area contributed by atoms with Gasteiger partial charge in [0.2, 0.25) is 0 Å². The Morgan fingerprint density at radius 3 is 2.62 bits per heavy atom. The molecule has 0 aliphatic rings. The predicted octanol–water partition coefficient (Wildman–Crippen LogP) is 4.61. The van der Waals surface area contributed by atoms with E-state index in [4.69, 9.17) is 25.6 Å². The summed E-state index contributed by atoms with van der Waals surface area (Å²) in [7, 11) is 0. The molecule has 0 fully saturated rings. The van der Waals surface area contributed by atoms with Gasteiger partial charge in [-0.3, -0.25) is 0 Å². The molecule has 0 spiro atoms. The Morgan fingerprint density at radius 2 is 1.92 bits per heavy atom. The zero-order chi connectivity index (χ0) is 16.9. The Bertz CT molecular complexity index is 842. The predicted molar refractivity (Wildman–Crippen MR) is 89.5 cm³/mol. The number of hydrogen-bond donors (Lipinski definition) is 0. The van der Waals surface area contributed by atoms with E-state index in [1.165, 1.54) is 6.07 Å². The minimum absolute atomic E-state index is 0.0683. The number of nitrogens with zero attached hydrogens (tertiary/aromatic N) is 1. The van der Waals surface area contributed by atoms with Crippen molar-refractivity contribution in [2.45, 2.75) is 6.92 Å². The molecular weight excluding hydrogens is 330 g/mol. The standard InChI is InChI=1S/C18H14ClNO4/c1-2-22-13-9-7-12(8-10-13)17-11-15(20-24-17)18(21)23-16-6-4-3-5-14(16)19/h3-11H,2H2,1H3. The Morgan fingerprint density at radius 1 is 1.17 bits per heavy atom. The van der Waals surface area contributed by atoms with Crippen molar-refractivity contribution in [2.24, 2.45) is 0 Å². The third-order valence-electron chi connectivity index (χ3n) is 3.21. The molecule has 0 aliphatic heterocycles. The minimum atomic E-state index is -0.635. The molecule has 0 unspecified atom stereocenters.